The average Bonchev–Trinajstić information content (AvgIpc) is 3.18. The minimum atomic E-state index is -0.288. The standard InChI is InChI=1S/C21H19N3O2S/c1-12-19-14(13-7-3-4-8-15(13)22-19)11-17-20(25)24(21(27)23(12)17)16-9-5-6-10-18(16)26-2/h3-10,12,17,22H,11H2,1-2H3/t12-,17+/m1/s1. The van der Waals surface area contributed by atoms with Gasteiger partial charge in [-0.3, -0.25) is 9.69 Å². The fourth-order valence-corrected chi connectivity index (χ4v) is 4.87. The van der Waals surface area contributed by atoms with E-state index >= 15 is 0 Å². The van der Waals surface area contributed by atoms with Gasteiger partial charge in [0.25, 0.3) is 5.91 Å². The number of carbonyl (C=O) groups excluding carboxylic acids is 1. The maximum absolute atomic E-state index is 13.4. The highest BCUT2D eigenvalue weighted by Gasteiger charge is 2.49. The molecule has 1 N–H and O–H groups in total. The number of nitrogens with zero attached hydrogens (tertiary/aromatic N) is 2. The number of rotatable bonds is 2. The molecule has 0 bridgehead atoms. The van der Waals surface area contributed by atoms with Crippen LogP contribution < -0.4 is 9.64 Å². The average molecular weight is 377 g/mol. The van der Waals surface area contributed by atoms with E-state index in [1.165, 1.54) is 10.9 Å². The van der Waals surface area contributed by atoms with Crippen LogP contribution >= 0.6 is 12.2 Å². The summed E-state index contributed by atoms with van der Waals surface area (Å²) >= 11 is 5.75. The molecular formula is C21H19N3O2S. The summed E-state index contributed by atoms with van der Waals surface area (Å²) in [6, 6.07) is 15.5. The molecule has 2 aromatic carbocycles. The van der Waals surface area contributed by atoms with Crippen molar-refractivity contribution in [2.45, 2.75) is 25.4 Å². The Bertz CT molecular complexity index is 1090. The zero-order valence-electron chi connectivity index (χ0n) is 15.1. The van der Waals surface area contributed by atoms with Gasteiger partial charge in [0.15, 0.2) is 5.11 Å². The number of para-hydroxylation sites is 3. The van der Waals surface area contributed by atoms with Crippen LogP contribution in [-0.4, -0.2) is 34.1 Å². The molecule has 2 atom stereocenters. The molecule has 3 heterocycles. The van der Waals surface area contributed by atoms with Crippen molar-refractivity contribution in [3.8, 4) is 5.75 Å². The molecule has 0 saturated carbocycles. The van der Waals surface area contributed by atoms with Gasteiger partial charge < -0.3 is 14.6 Å². The lowest BCUT2D eigenvalue weighted by Crippen LogP contribution is -2.42. The first-order chi connectivity index (χ1) is 13.1. The van der Waals surface area contributed by atoms with Crippen molar-refractivity contribution in [2.24, 2.45) is 0 Å². The van der Waals surface area contributed by atoms with Gasteiger partial charge in [-0.2, -0.15) is 0 Å². The summed E-state index contributed by atoms with van der Waals surface area (Å²) < 4.78 is 5.46. The third-order valence-electron chi connectivity index (χ3n) is 5.66. The number of carbonyl (C=O) groups is 1. The Hall–Kier alpha value is -2.86. The molecule has 1 fully saturated rings. The number of benzene rings is 2. The third kappa shape index (κ3) is 2.16. The summed E-state index contributed by atoms with van der Waals surface area (Å²) in [7, 11) is 1.61. The van der Waals surface area contributed by atoms with Crippen molar-refractivity contribution in [1.29, 1.82) is 0 Å². The van der Waals surface area contributed by atoms with Crippen molar-refractivity contribution in [3.05, 3.63) is 59.8 Å². The fraction of sp³-hybridized carbons (Fsp3) is 0.238. The molecule has 2 aliphatic heterocycles. The van der Waals surface area contributed by atoms with Gasteiger partial charge in [0, 0.05) is 23.0 Å². The van der Waals surface area contributed by atoms with Gasteiger partial charge in [-0.15, -0.1) is 0 Å². The van der Waals surface area contributed by atoms with Crippen LogP contribution in [0.15, 0.2) is 48.5 Å². The second kappa shape index (κ2) is 5.82. The number of aromatic nitrogens is 1. The number of nitrogens with one attached hydrogen (secondary N) is 1. The highest BCUT2D eigenvalue weighted by Crippen LogP contribution is 2.43. The first-order valence-electron chi connectivity index (χ1n) is 9.00. The highest BCUT2D eigenvalue weighted by molar-refractivity contribution is 7.80. The maximum Gasteiger partial charge on any atom is 0.256 e. The molecule has 1 saturated heterocycles. The Labute approximate surface area is 162 Å². The van der Waals surface area contributed by atoms with Crippen LogP contribution in [-0.2, 0) is 11.2 Å². The molecule has 136 valence electrons. The van der Waals surface area contributed by atoms with E-state index in [1.54, 1.807) is 12.0 Å². The van der Waals surface area contributed by atoms with Crippen molar-refractivity contribution < 1.29 is 9.53 Å². The number of fused-ring (bicyclic) bond motifs is 4. The van der Waals surface area contributed by atoms with E-state index < -0.39 is 0 Å². The predicted molar refractivity (Wildman–Crippen MR) is 109 cm³/mol. The highest BCUT2D eigenvalue weighted by atomic mass is 32.1. The zero-order valence-corrected chi connectivity index (χ0v) is 15.9. The molecule has 6 heteroatoms. The Morgan fingerprint density at radius 1 is 1.15 bits per heavy atom. The van der Waals surface area contributed by atoms with Crippen LogP contribution in [0.5, 0.6) is 5.75 Å². The van der Waals surface area contributed by atoms with Gasteiger partial charge in [0.2, 0.25) is 0 Å². The van der Waals surface area contributed by atoms with E-state index in [9.17, 15) is 4.79 Å². The second-order valence-electron chi connectivity index (χ2n) is 6.99. The molecule has 0 aliphatic carbocycles. The van der Waals surface area contributed by atoms with E-state index in [-0.39, 0.29) is 18.0 Å². The Balaban J connectivity index is 1.61. The smallest absolute Gasteiger partial charge is 0.256 e. The lowest BCUT2D eigenvalue weighted by molar-refractivity contribution is -0.120. The summed E-state index contributed by atoms with van der Waals surface area (Å²) in [5.74, 6) is 0.650. The minimum Gasteiger partial charge on any atom is -0.495 e. The Kier molecular flexibility index (Phi) is 3.52. The van der Waals surface area contributed by atoms with Crippen molar-refractivity contribution in [2.75, 3.05) is 12.0 Å². The summed E-state index contributed by atoms with van der Waals surface area (Å²) in [4.78, 5) is 20.6. The molecule has 5 nitrogen and oxygen atoms in total. The van der Waals surface area contributed by atoms with Crippen molar-refractivity contribution in [1.82, 2.24) is 9.88 Å². The summed E-state index contributed by atoms with van der Waals surface area (Å²) in [6.45, 7) is 2.10. The minimum absolute atomic E-state index is 0.00214. The van der Waals surface area contributed by atoms with E-state index in [0.29, 0.717) is 23.0 Å². The lowest BCUT2D eigenvalue weighted by Gasteiger charge is -2.34. The van der Waals surface area contributed by atoms with Crippen LogP contribution in [0.2, 0.25) is 0 Å². The van der Waals surface area contributed by atoms with Gasteiger partial charge in [0.05, 0.1) is 18.8 Å². The quantitative estimate of drug-likeness (QED) is 0.690. The molecule has 0 radical (unpaired) electrons. The van der Waals surface area contributed by atoms with E-state index in [4.69, 9.17) is 17.0 Å². The monoisotopic (exact) mass is 377 g/mol. The second-order valence-corrected chi connectivity index (χ2v) is 7.36. The zero-order chi connectivity index (χ0) is 18.7. The van der Waals surface area contributed by atoms with E-state index in [2.05, 4.69) is 28.9 Å². The van der Waals surface area contributed by atoms with Gasteiger partial charge in [-0.05, 0) is 42.9 Å². The largest absolute Gasteiger partial charge is 0.495 e. The van der Waals surface area contributed by atoms with E-state index in [0.717, 1.165) is 11.2 Å². The summed E-state index contributed by atoms with van der Waals surface area (Å²) in [5.41, 5.74) is 4.17. The van der Waals surface area contributed by atoms with E-state index in [1.807, 2.05) is 36.4 Å². The molecule has 1 aromatic heterocycles. The number of methoxy groups -OCH3 is 1. The van der Waals surface area contributed by atoms with Crippen LogP contribution in [0.4, 0.5) is 5.69 Å². The Morgan fingerprint density at radius 2 is 1.89 bits per heavy atom. The molecule has 5 rings (SSSR count). The molecule has 0 unspecified atom stereocenters. The molecular weight excluding hydrogens is 358 g/mol. The first-order valence-corrected chi connectivity index (χ1v) is 9.41. The number of thiocarbonyl (C=S) groups is 1. The number of amides is 1. The molecule has 27 heavy (non-hydrogen) atoms. The van der Waals surface area contributed by atoms with Crippen LogP contribution in [0.1, 0.15) is 24.2 Å². The topological polar surface area (TPSA) is 48.6 Å². The SMILES string of the molecule is COc1ccccc1N1C(=O)[C@@H]2Cc3c([nH]c4ccccc34)[C@@H](C)N2C1=S. The fourth-order valence-electron chi connectivity index (χ4n) is 4.40. The van der Waals surface area contributed by atoms with Crippen LogP contribution in [0.25, 0.3) is 10.9 Å². The number of H-pyrrole nitrogens is 1. The number of anilines is 1. The lowest BCUT2D eigenvalue weighted by atomic mass is 9.93. The summed E-state index contributed by atoms with van der Waals surface area (Å²) in [5, 5.41) is 1.72. The molecule has 2 aliphatic rings. The molecule has 3 aromatic rings. The third-order valence-corrected chi connectivity index (χ3v) is 6.05. The normalized spacial score (nSPS) is 21.6. The number of hydrogen-bond donors (Lipinski definition) is 1. The number of hydrogen-bond acceptors (Lipinski definition) is 3. The molecule has 1 amide bonds. The number of aromatic amines is 1. The Morgan fingerprint density at radius 3 is 2.70 bits per heavy atom. The summed E-state index contributed by atoms with van der Waals surface area (Å²) in [6.07, 6.45) is 0.647. The van der Waals surface area contributed by atoms with Crippen LogP contribution in [0, 0.1) is 0 Å². The first kappa shape index (κ1) is 16.3. The van der Waals surface area contributed by atoms with Gasteiger partial charge in [0.1, 0.15) is 11.8 Å². The van der Waals surface area contributed by atoms with Crippen molar-refractivity contribution >= 4 is 39.8 Å². The maximum atomic E-state index is 13.4. The molecule has 0 spiro atoms. The number of ether oxygens (including phenoxy) is 1. The van der Waals surface area contributed by atoms with Gasteiger partial charge >= 0.3 is 0 Å². The van der Waals surface area contributed by atoms with Crippen molar-refractivity contribution in [3.63, 3.8) is 0 Å². The van der Waals surface area contributed by atoms with Crippen LogP contribution in [0.3, 0.4) is 0 Å². The predicted octanol–water partition coefficient (Wildman–Crippen LogP) is 3.80. The van der Waals surface area contributed by atoms with Gasteiger partial charge in [-0.25, -0.2) is 0 Å². The van der Waals surface area contributed by atoms with Gasteiger partial charge in [-0.1, -0.05) is 30.3 Å².